The molecular formula is C10H16N2O2. The fourth-order valence-electron chi connectivity index (χ4n) is 1.27. The van der Waals surface area contributed by atoms with Gasteiger partial charge in [-0.05, 0) is 24.6 Å². The van der Waals surface area contributed by atoms with Crippen molar-refractivity contribution < 1.29 is 10.2 Å². The molecule has 0 aliphatic rings. The van der Waals surface area contributed by atoms with E-state index < -0.39 is 0 Å². The molecule has 0 aromatic carbocycles. The SMILES string of the molecule is C[C@H](NC(CO)CO)c1ccncc1. The Balaban J connectivity index is 2.54. The maximum Gasteiger partial charge on any atom is 0.0607 e. The molecule has 0 saturated carbocycles. The molecule has 0 aliphatic carbocycles. The molecule has 0 bridgehead atoms. The third kappa shape index (κ3) is 3.06. The van der Waals surface area contributed by atoms with Gasteiger partial charge >= 0.3 is 0 Å². The number of pyridine rings is 1. The highest BCUT2D eigenvalue weighted by Gasteiger charge is 2.10. The first-order chi connectivity index (χ1) is 6.77. The molecule has 4 nitrogen and oxygen atoms in total. The van der Waals surface area contributed by atoms with E-state index in [1.807, 2.05) is 19.1 Å². The molecule has 78 valence electrons. The van der Waals surface area contributed by atoms with Crippen LogP contribution in [0.2, 0.25) is 0 Å². The molecule has 1 aromatic rings. The lowest BCUT2D eigenvalue weighted by atomic mass is 10.1. The second-order valence-electron chi connectivity index (χ2n) is 3.23. The van der Waals surface area contributed by atoms with Crippen molar-refractivity contribution in [3.05, 3.63) is 30.1 Å². The number of hydrogen-bond acceptors (Lipinski definition) is 4. The van der Waals surface area contributed by atoms with Crippen LogP contribution in [0.3, 0.4) is 0 Å². The summed E-state index contributed by atoms with van der Waals surface area (Å²) in [6.07, 6.45) is 3.45. The lowest BCUT2D eigenvalue weighted by Crippen LogP contribution is -2.37. The zero-order valence-corrected chi connectivity index (χ0v) is 8.22. The second-order valence-corrected chi connectivity index (χ2v) is 3.23. The summed E-state index contributed by atoms with van der Waals surface area (Å²) in [6, 6.07) is 3.65. The first kappa shape index (κ1) is 11.1. The van der Waals surface area contributed by atoms with Crippen LogP contribution in [-0.4, -0.2) is 34.5 Å². The first-order valence-electron chi connectivity index (χ1n) is 4.65. The molecule has 0 aliphatic heterocycles. The molecule has 14 heavy (non-hydrogen) atoms. The smallest absolute Gasteiger partial charge is 0.0607 e. The van der Waals surface area contributed by atoms with Gasteiger partial charge in [0.1, 0.15) is 0 Å². The van der Waals surface area contributed by atoms with E-state index in [0.717, 1.165) is 5.56 Å². The molecule has 3 N–H and O–H groups in total. The van der Waals surface area contributed by atoms with Crippen LogP contribution in [0, 0.1) is 0 Å². The minimum Gasteiger partial charge on any atom is -0.395 e. The van der Waals surface area contributed by atoms with Crippen LogP contribution < -0.4 is 5.32 Å². The fraction of sp³-hybridized carbons (Fsp3) is 0.500. The van der Waals surface area contributed by atoms with E-state index >= 15 is 0 Å². The van der Waals surface area contributed by atoms with Crippen molar-refractivity contribution in [1.82, 2.24) is 10.3 Å². The molecular weight excluding hydrogens is 180 g/mol. The van der Waals surface area contributed by atoms with Crippen molar-refractivity contribution >= 4 is 0 Å². The molecule has 1 atom stereocenters. The van der Waals surface area contributed by atoms with Crippen LogP contribution in [0.1, 0.15) is 18.5 Å². The van der Waals surface area contributed by atoms with Gasteiger partial charge in [-0.3, -0.25) is 4.98 Å². The van der Waals surface area contributed by atoms with Crippen molar-refractivity contribution in [1.29, 1.82) is 0 Å². The lowest BCUT2D eigenvalue weighted by Gasteiger charge is -2.19. The highest BCUT2D eigenvalue weighted by atomic mass is 16.3. The highest BCUT2D eigenvalue weighted by Crippen LogP contribution is 2.10. The van der Waals surface area contributed by atoms with Gasteiger partial charge in [-0.15, -0.1) is 0 Å². The predicted octanol–water partition coefficient (Wildman–Crippen LogP) is 0.0854. The van der Waals surface area contributed by atoms with Crippen molar-refractivity contribution in [3.63, 3.8) is 0 Å². The van der Waals surface area contributed by atoms with Crippen LogP contribution in [0.15, 0.2) is 24.5 Å². The van der Waals surface area contributed by atoms with Crippen LogP contribution in [-0.2, 0) is 0 Å². The third-order valence-corrected chi connectivity index (χ3v) is 2.13. The number of nitrogens with one attached hydrogen (secondary N) is 1. The molecule has 0 fully saturated rings. The summed E-state index contributed by atoms with van der Waals surface area (Å²) < 4.78 is 0. The van der Waals surface area contributed by atoms with E-state index in [2.05, 4.69) is 10.3 Å². The molecule has 0 unspecified atom stereocenters. The topological polar surface area (TPSA) is 65.4 Å². The van der Waals surface area contributed by atoms with Gasteiger partial charge < -0.3 is 15.5 Å². The van der Waals surface area contributed by atoms with Crippen LogP contribution in [0.25, 0.3) is 0 Å². The summed E-state index contributed by atoms with van der Waals surface area (Å²) in [4.78, 5) is 3.92. The Labute approximate surface area is 83.6 Å². The summed E-state index contributed by atoms with van der Waals surface area (Å²) in [5.74, 6) is 0. The molecule has 0 radical (unpaired) electrons. The van der Waals surface area contributed by atoms with Crippen molar-refractivity contribution in [2.45, 2.75) is 19.0 Å². The number of nitrogens with zero attached hydrogens (tertiary/aromatic N) is 1. The van der Waals surface area contributed by atoms with E-state index in [4.69, 9.17) is 10.2 Å². The molecule has 0 saturated heterocycles. The predicted molar refractivity (Wildman–Crippen MR) is 53.7 cm³/mol. The number of aromatic nitrogens is 1. The van der Waals surface area contributed by atoms with Crippen LogP contribution in [0.4, 0.5) is 0 Å². The second kappa shape index (κ2) is 5.70. The normalized spacial score (nSPS) is 13.1. The van der Waals surface area contributed by atoms with Gasteiger partial charge in [-0.2, -0.15) is 0 Å². The number of rotatable bonds is 5. The number of hydrogen-bond donors (Lipinski definition) is 3. The van der Waals surface area contributed by atoms with Gasteiger partial charge in [-0.25, -0.2) is 0 Å². The van der Waals surface area contributed by atoms with Gasteiger partial charge in [0, 0.05) is 18.4 Å². The quantitative estimate of drug-likeness (QED) is 0.624. The average molecular weight is 196 g/mol. The van der Waals surface area contributed by atoms with Gasteiger partial charge in [0.25, 0.3) is 0 Å². The van der Waals surface area contributed by atoms with E-state index in [-0.39, 0.29) is 25.3 Å². The summed E-state index contributed by atoms with van der Waals surface area (Å²) in [5.41, 5.74) is 1.09. The van der Waals surface area contributed by atoms with Crippen LogP contribution in [0.5, 0.6) is 0 Å². The summed E-state index contributed by atoms with van der Waals surface area (Å²) in [6.45, 7) is 1.85. The van der Waals surface area contributed by atoms with Crippen molar-refractivity contribution in [3.8, 4) is 0 Å². The molecule has 1 aromatic heterocycles. The Kier molecular flexibility index (Phi) is 4.52. The maximum absolute atomic E-state index is 8.89. The Morgan fingerprint density at radius 1 is 1.29 bits per heavy atom. The monoisotopic (exact) mass is 196 g/mol. The highest BCUT2D eigenvalue weighted by molar-refractivity contribution is 5.14. The standard InChI is InChI=1S/C10H16N2O2/c1-8(12-10(6-13)7-14)9-2-4-11-5-3-9/h2-5,8,10,12-14H,6-7H2,1H3/t8-/m0/s1. The average Bonchev–Trinajstić information content (AvgIpc) is 2.26. The Morgan fingerprint density at radius 2 is 1.86 bits per heavy atom. The van der Waals surface area contributed by atoms with Gasteiger partial charge in [0.05, 0.1) is 19.3 Å². The summed E-state index contributed by atoms with van der Waals surface area (Å²) in [5, 5.41) is 20.9. The van der Waals surface area contributed by atoms with E-state index in [1.54, 1.807) is 12.4 Å². The molecule has 1 heterocycles. The Hall–Kier alpha value is -0.970. The Morgan fingerprint density at radius 3 is 2.36 bits per heavy atom. The minimum absolute atomic E-state index is 0.0636. The van der Waals surface area contributed by atoms with Crippen molar-refractivity contribution in [2.75, 3.05) is 13.2 Å². The van der Waals surface area contributed by atoms with E-state index in [9.17, 15) is 0 Å². The molecule has 0 spiro atoms. The van der Waals surface area contributed by atoms with Gasteiger partial charge in [-0.1, -0.05) is 0 Å². The number of aliphatic hydroxyl groups excluding tert-OH is 2. The summed E-state index contributed by atoms with van der Waals surface area (Å²) >= 11 is 0. The lowest BCUT2D eigenvalue weighted by molar-refractivity contribution is 0.163. The third-order valence-electron chi connectivity index (χ3n) is 2.13. The zero-order valence-electron chi connectivity index (χ0n) is 8.22. The zero-order chi connectivity index (χ0) is 10.4. The van der Waals surface area contributed by atoms with E-state index in [1.165, 1.54) is 0 Å². The van der Waals surface area contributed by atoms with Crippen molar-refractivity contribution in [2.24, 2.45) is 0 Å². The molecule has 4 heteroatoms. The van der Waals surface area contributed by atoms with Crippen LogP contribution >= 0.6 is 0 Å². The largest absolute Gasteiger partial charge is 0.395 e. The maximum atomic E-state index is 8.89. The fourth-order valence-corrected chi connectivity index (χ4v) is 1.27. The molecule has 1 rings (SSSR count). The first-order valence-corrected chi connectivity index (χ1v) is 4.65. The number of aliphatic hydroxyl groups is 2. The summed E-state index contributed by atoms with van der Waals surface area (Å²) in [7, 11) is 0. The van der Waals surface area contributed by atoms with Gasteiger partial charge in [0.2, 0.25) is 0 Å². The Bertz CT molecular complexity index is 250. The minimum atomic E-state index is -0.266. The van der Waals surface area contributed by atoms with E-state index in [0.29, 0.717) is 0 Å². The molecule has 0 amide bonds. The van der Waals surface area contributed by atoms with Gasteiger partial charge in [0.15, 0.2) is 0 Å².